The van der Waals surface area contributed by atoms with Crippen molar-refractivity contribution in [1.29, 1.82) is 0 Å². The first-order valence-corrected chi connectivity index (χ1v) is 6.27. The molecule has 2 N–H and O–H groups in total. The van der Waals surface area contributed by atoms with Crippen LogP contribution in [0.4, 0.5) is 0 Å². The maximum atomic E-state index is 11.8. The Hall–Kier alpha value is -1.59. The summed E-state index contributed by atoms with van der Waals surface area (Å²) in [5.74, 6) is -4.73. The molecule has 0 saturated heterocycles. The lowest BCUT2D eigenvalue weighted by atomic mass is 9.78. The first-order chi connectivity index (χ1) is 8.63. The van der Waals surface area contributed by atoms with Gasteiger partial charge < -0.3 is 14.9 Å². The Bertz CT molecular complexity index is 349. The van der Waals surface area contributed by atoms with Crippen LogP contribution in [-0.2, 0) is 19.1 Å². The van der Waals surface area contributed by atoms with Gasteiger partial charge in [0.15, 0.2) is 5.41 Å². The minimum atomic E-state index is -2.07. The molecule has 0 spiro atoms. The number of aliphatic carboxylic acids is 2. The van der Waals surface area contributed by atoms with Gasteiger partial charge in [-0.1, -0.05) is 20.8 Å². The molecule has 2 unspecified atom stereocenters. The Kier molecular flexibility index (Phi) is 6.52. The number of carbonyl (C=O) groups is 3. The van der Waals surface area contributed by atoms with Crippen molar-refractivity contribution in [2.75, 3.05) is 6.61 Å². The maximum Gasteiger partial charge on any atom is 0.324 e. The zero-order chi connectivity index (χ0) is 15.2. The quantitative estimate of drug-likeness (QED) is 0.397. The normalized spacial score (nSPS) is 15.6. The van der Waals surface area contributed by atoms with Crippen LogP contribution in [0.3, 0.4) is 0 Å². The van der Waals surface area contributed by atoms with E-state index in [-0.39, 0.29) is 6.61 Å². The van der Waals surface area contributed by atoms with E-state index in [9.17, 15) is 14.4 Å². The van der Waals surface area contributed by atoms with Gasteiger partial charge in [0.05, 0.1) is 12.5 Å². The lowest BCUT2D eigenvalue weighted by Crippen LogP contribution is -2.46. The molecule has 0 heterocycles. The first-order valence-electron chi connectivity index (χ1n) is 6.27. The molecule has 0 aromatic carbocycles. The first kappa shape index (κ1) is 17.4. The molecule has 19 heavy (non-hydrogen) atoms. The van der Waals surface area contributed by atoms with E-state index in [2.05, 4.69) is 0 Å². The zero-order valence-electron chi connectivity index (χ0n) is 11.8. The highest BCUT2D eigenvalue weighted by molar-refractivity contribution is 6.02. The number of carboxylic acids is 2. The molecule has 6 nitrogen and oxygen atoms in total. The van der Waals surface area contributed by atoms with Gasteiger partial charge in [-0.2, -0.15) is 0 Å². The molecular weight excluding hydrogens is 252 g/mol. The number of hydrogen-bond acceptors (Lipinski definition) is 4. The molecule has 0 aromatic rings. The fraction of sp³-hybridized carbons (Fsp3) is 0.769. The lowest BCUT2D eigenvalue weighted by Gasteiger charge is -2.26. The van der Waals surface area contributed by atoms with Crippen LogP contribution in [-0.4, -0.2) is 34.7 Å². The molecule has 0 rings (SSSR count). The minimum absolute atomic E-state index is 0.103. The standard InChI is InChI=1S/C13H22O6/c1-8(2)6-5-7-19-12(18)13(4,11(16)17)9(3)10(14)15/h8-9H,5-7H2,1-4H3,(H,14,15)(H,16,17). The summed E-state index contributed by atoms with van der Waals surface area (Å²) in [5.41, 5.74) is -2.07. The van der Waals surface area contributed by atoms with Crippen molar-refractivity contribution in [3.63, 3.8) is 0 Å². The molecular formula is C13H22O6. The molecule has 0 aliphatic carbocycles. The van der Waals surface area contributed by atoms with E-state index in [0.29, 0.717) is 12.3 Å². The molecule has 0 aliphatic heterocycles. The average molecular weight is 274 g/mol. The number of carboxylic acid groups (broad SMARTS) is 2. The van der Waals surface area contributed by atoms with Crippen LogP contribution in [0.1, 0.15) is 40.5 Å². The Morgan fingerprint density at radius 1 is 1.16 bits per heavy atom. The fourth-order valence-electron chi connectivity index (χ4n) is 1.50. The number of hydrogen-bond donors (Lipinski definition) is 2. The summed E-state index contributed by atoms with van der Waals surface area (Å²) >= 11 is 0. The van der Waals surface area contributed by atoms with Crippen molar-refractivity contribution < 1.29 is 29.3 Å². The molecule has 0 radical (unpaired) electrons. The fourth-order valence-corrected chi connectivity index (χ4v) is 1.50. The van der Waals surface area contributed by atoms with E-state index in [1.807, 2.05) is 13.8 Å². The number of ether oxygens (including phenoxy) is 1. The van der Waals surface area contributed by atoms with Crippen LogP contribution in [0.25, 0.3) is 0 Å². The average Bonchev–Trinajstić information content (AvgIpc) is 2.31. The van der Waals surface area contributed by atoms with Gasteiger partial charge in [-0.25, -0.2) is 0 Å². The molecule has 0 bridgehead atoms. The molecule has 0 fully saturated rings. The van der Waals surface area contributed by atoms with Gasteiger partial charge in [-0.15, -0.1) is 0 Å². The van der Waals surface area contributed by atoms with Crippen molar-refractivity contribution >= 4 is 17.9 Å². The van der Waals surface area contributed by atoms with Gasteiger partial charge in [0.1, 0.15) is 0 Å². The monoisotopic (exact) mass is 274 g/mol. The molecule has 110 valence electrons. The van der Waals surface area contributed by atoms with Crippen LogP contribution in [0.15, 0.2) is 0 Å². The highest BCUT2D eigenvalue weighted by Crippen LogP contribution is 2.30. The van der Waals surface area contributed by atoms with Crippen LogP contribution in [0, 0.1) is 17.3 Å². The van der Waals surface area contributed by atoms with Crippen molar-refractivity contribution in [3.05, 3.63) is 0 Å². The highest BCUT2D eigenvalue weighted by atomic mass is 16.5. The SMILES string of the molecule is CC(C)CCCOC(=O)C(C)(C(=O)O)C(C)C(=O)O. The summed E-state index contributed by atoms with van der Waals surface area (Å²) in [5, 5.41) is 18.0. The number of carbonyl (C=O) groups excluding carboxylic acids is 1. The van der Waals surface area contributed by atoms with Crippen molar-refractivity contribution in [3.8, 4) is 0 Å². The minimum Gasteiger partial charge on any atom is -0.481 e. The van der Waals surface area contributed by atoms with Gasteiger partial charge >= 0.3 is 17.9 Å². The van der Waals surface area contributed by atoms with Crippen LogP contribution in [0.2, 0.25) is 0 Å². The van der Waals surface area contributed by atoms with E-state index in [4.69, 9.17) is 14.9 Å². The summed E-state index contributed by atoms with van der Waals surface area (Å²) in [7, 11) is 0. The number of esters is 1. The largest absolute Gasteiger partial charge is 0.481 e. The molecule has 0 aromatic heterocycles. The molecule has 6 heteroatoms. The third kappa shape index (κ3) is 4.54. The highest BCUT2D eigenvalue weighted by Gasteiger charge is 2.51. The second kappa shape index (κ2) is 7.11. The van der Waals surface area contributed by atoms with Crippen LogP contribution >= 0.6 is 0 Å². The smallest absolute Gasteiger partial charge is 0.324 e. The van der Waals surface area contributed by atoms with Gasteiger partial charge in [0, 0.05) is 0 Å². The van der Waals surface area contributed by atoms with E-state index in [0.717, 1.165) is 13.3 Å². The Balaban J connectivity index is 4.68. The van der Waals surface area contributed by atoms with Crippen LogP contribution < -0.4 is 0 Å². The number of rotatable bonds is 8. The lowest BCUT2D eigenvalue weighted by molar-refractivity contribution is -0.177. The third-order valence-corrected chi connectivity index (χ3v) is 3.26. The summed E-state index contributed by atoms with van der Waals surface area (Å²) in [6, 6.07) is 0. The molecule has 0 amide bonds. The van der Waals surface area contributed by atoms with Crippen molar-refractivity contribution in [2.24, 2.45) is 17.3 Å². The summed E-state index contributed by atoms with van der Waals surface area (Å²) in [6.45, 7) is 6.42. The Morgan fingerprint density at radius 2 is 1.68 bits per heavy atom. The van der Waals surface area contributed by atoms with Gasteiger partial charge in [0.2, 0.25) is 0 Å². The maximum absolute atomic E-state index is 11.8. The van der Waals surface area contributed by atoms with E-state index in [1.54, 1.807) is 0 Å². The second-order valence-corrected chi connectivity index (χ2v) is 5.24. The van der Waals surface area contributed by atoms with Crippen molar-refractivity contribution in [2.45, 2.75) is 40.5 Å². The van der Waals surface area contributed by atoms with Gasteiger partial charge in [-0.3, -0.25) is 14.4 Å². The predicted octanol–water partition coefficient (Wildman–Crippen LogP) is 1.78. The molecule has 0 saturated carbocycles. The Morgan fingerprint density at radius 3 is 2.05 bits per heavy atom. The van der Waals surface area contributed by atoms with Gasteiger partial charge in [-0.05, 0) is 25.7 Å². The van der Waals surface area contributed by atoms with Crippen LogP contribution in [0.5, 0.6) is 0 Å². The summed E-state index contributed by atoms with van der Waals surface area (Å²) in [4.78, 5) is 33.9. The second-order valence-electron chi connectivity index (χ2n) is 5.24. The molecule has 2 atom stereocenters. The van der Waals surface area contributed by atoms with E-state index < -0.39 is 29.2 Å². The van der Waals surface area contributed by atoms with E-state index in [1.165, 1.54) is 6.92 Å². The van der Waals surface area contributed by atoms with E-state index >= 15 is 0 Å². The third-order valence-electron chi connectivity index (χ3n) is 3.26. The zero-order valence-corrected chi connectivity index (χ0v) is 11.8. The van der Waals surface area contributed by atoms with Gasteiger partial charge in [0.25, 0.3) is 0 Å². The Labute approximate surface area is 112 Å². The predicted molar refractivity (Wildman–Crippen MR) is 67.6 cm³/mol. The van der Waals surface area contributed by atoms with Crippen molar-refractivity contribution in [1.82, 2.24) is 0 Å². The summed E-state index contributed by atoms with van der Waals surface area (Å²) in [6.07, 6.45) is 1.48. The molecule has 0 aliphatic rings. The topological polar surface area (TPSA) is 101 Å². The summed E-state index contributed by atoms with van der Waals surface area (Å²) < 4.78 is 4.91.